The lowest BCUT2D eigenvalue weighted by atomic mass is 10.1. The maximum atomic E-state index is 13.6. The van der Waals surface area contributed by atoms with Gasteiger partial charge in [0.05, 0.1) is 10.9 Å². The van der Waals surface area contributed by atoms with E-state index in [4.69, 9.17) is 9.98 Å². The molecule has 0 aromatic heterocycles. The highest BCUT2D eigenvalue weighted by Crippen LogP contribution is 2.36. The quantitative estimate of drug-likeness (QED) is 0.362. The van der Waals surface area contributed by atoms with E-state index in [1.165, 1.54) is 28.8 Å². The number of hydrogen-bond donors (Lipinski definition) is 2. The number of carbonyl (C=O) groups is 3. The van der Waals surface area contributed by atoms with Crippen molar-refractivity contribution in [3.05, 3.63) is 95.3 Å². The molecule has 5 rings (SSSR count). The minimum absolute atomic E-state index is 0.0972. The van der Waals surface area contributed by atoms with Crippen molar-refractivity contribution in [2.45, 2.75) is 50.9 Å². The van der Waals surface area contributed by atoms with Crippen molar-refractivity contribution < 1.29 is 18.8 Å². The van der Waals surface area contributed by atoms with E-state index in [-0.39, 0.29) is 42.9 Å². The van der Waals surface area contributed by atoms with Crippen LogP contribution in [0.5, 0.6) is 0 Å². The van der Waals surface area contributed by atoms with E-state index >= 15 is 0 Å². The van der Waals surface area contributed by atoms with Crippen LogP contribution in [0.2, 0.25) is 0 Å². The third-order valence-electron chi connectivity index (χ3n) is 6.79. The largest absolute Gasteiger partial charge is 0.352 e. The predicted octanol–water partition coefficient (Wildman–Crippen LogP) is 5.34. The number of fused-ring (bicyclic) bond motifs is 3. The molecule has 2 heterocycles. The molecule has 41 heavy (non-hydrogen) atoms. The number of anilines is 1. The maximum Gasteiger partial charge on any atom is 0.259 e. The fourth-order valence-corrected chi connectivity index (χ4v) is 5.64. The molecule has 10 heteroatoms. The van der Waals surface area contributed by atoms with Gasteiger partial charge in [-0.1, -0.05) is 55.1 Å². The number of aliphatic imine (C=N–C) groups is 2. The SMILES string of the molecule is CC[C@@H](SC1=Nc2ccccc2C2=N[C@H](CCC(=O)NCc3ccc(F)cc3)C(=O)N12)C(=O)Nc1cccc(C)c1. The van der Waals surface area contributed by atoms with Crippen molar-refractivity contribution in [3.63, 3.8) is 0 Å². The molecule has 2 N–H and O–H groups in total. The lowest BCUT2D eigenvalue weighted by molar-refractivity contribution is -0.125. The van der Waals surface area contributed by atoms with E-state index in [0.717, 1.165) is 16.7 Å². The number of benzene rings is 3. The molecule has 0 bridgehead atoms. The van der Waals surface area contributed by atoms with Gasteiger partial charge in [0.15, 0.2) is 5.17 Å². The Morgan fingerprint density at radius 3 is 2.61 bits per heavy atom. The minimum atomic E-state index is -0.750. The monoisotopic (exact) mass is 571 g/mol. The number of rotatable bonds is 9. The van der Waals surface area contributed by atoms with E-state index in [2.05, 4.69) is 10.6 Å². The molecule has 2 aliphatic heterocycles. The zero-order valence-corrected chi connectivity index (χ0v) is 23.6. The van der Waals surface area contributed by atoms with Crippen molar-refractivity contribution in [3.8, 4) is 0 Å². The Balaban J connectivity index is 1.28. The summed E-state index contributed by atoms with van der Waals surface area (Å²) in [4.78, 5) is 50.3. The van der Waals surface area contributed by atoms with Crippen molar-refractivity contribution >= 4 is 51.9 Å². The van der Waals surface area contributed by atoms with Gasteiger partial charge in [0, 0.05) is 24.2 Å². The van der Waals surface area contributed by atoms with E-state index in [0.29, 0.717) is 28.8 Å². The summed E-state index contributed by atoms with van der Waals surface area (Å²) in [6.07, 6.45) is 0.842. The molecule has 0 radical (unpaired) electrons. The third kappa shape index (κ3) is 6.54. The van der Waals surface area contributed by atoms with Crippen LogP contribution >= 0.6 is 11.8 Å². The molecule has 3 aromatic rings. The summed E-state index contributed by atoms with van der Waals surface area (Å²) in [5, 5.41) is 5.67. The molecular weight excluding hydrogens is 541 g/mol. The van der Waals surface area contributed by atoms with Gasteiger partial charge >= 0.3 is 0 Å². The lowest BCUT2D eigenvalue weighted by Crippen LogP contribution is -2.42. The number of amidine groups is 2. The highest BCUT2D eigenvalue weighted by atomic mass is 32.2. The zero-order chi connectivity index (χ0) is 28.9. The second-order valence-electron chi connectivity index (χ2n) is 9.87. The summed E-state index contributed by atoms with van der Waals surface area (Å²) < 4.78 is 13.1. The van der Waals surface area contributed by atoms with Gasteiger partial charge in [0.2, 0.25) is 11.8 Å². The topological polar surface area (TPSA) is 103 Å². The zero-order valence-electron chi connectivity index (χ0n) is 22.8. The number of halogens is 1. The fourth-order valence-electron chi connectivity index (χ4n) is 4.62. The molecular formula is C31H30FN5O3S. The molecule has 0 fully saturated rings. The van der Waals surface area contributed by atoms with Crippen LogP contribution in [0.4, 0.5) is 15.8 Å². The van der Waals surface area contributed by atoms with Crippen LogP contribution in [0.3, 0.4) is 0 Å². The minimum Gasteiger partial charge on any atom is -0.352 e. The summed E-state index contributed by atoms with van der Waals surface area (Å²) >= 11 is 1.23. The number of aryl methyl sites for hydroxylation is 1. The molecule has 0 saturated carbocycles. The van der Waals surface area contributed by atoms with Crippen molar-refractivity contribution in [2.75, 3.05) is 5.32 Å². The first-order chi connectivity index (χ1) is 19.8. The smallest absolute Gasteiger partial charge is 0.259 e. The van der Waals surface area contributed by atoms with Crippen LogP contribution in [0.1, 0.15) is 42.9 Å². The average molecular weight is 572 g/mol. The molecule has 3 amide bonds. The maximum absolute atomic E-state index is 13.6. The molecule has 3 aromatic carbocycles. The molecule has 210 valence electrons. The van der Waals surface area contributed by atoms with Crippen LogP contribution in [0.15, 0.2) is 82.8 Å². The second-order valence-corrected chi connectivity index (χ2v) is 11.0. The number of nitrogens with one attached hydrogen (secondary N) is 2. The number of nitrogens with zero attached hydrogens (tertiary/aromatic N) is 3. The van der Waals surface area contributed by atoms with Crippen LogP contribution in [0, 0.1) is 12.7 Å². The first-order valence-corrected chi connectivity index (χ1v) is 14.4. The van der Waals surface area contributed by atoms with Gasteiger partial charge in [0.25, 0.3) is 5.91 Å². The number of amides is 3. The summed E-state index contributed by atoms with van der Waals surface area (Å²) in [7, 11) is 0. The molecule has 0 unspecified atom stereocenters. The Hall–Kier alpha value is -4.31. The van der Waals surface area contributed by atoms with Crippen LogP contribution in [0.25, 0.3) is 0 Å². The standard InChI is InChI=1S/C31H30FN5O3S/c1-3-26(29(39)34-22-8-6-7-19(2)17-22)41-31-36-24-10-5-4-9-23(24)28-35-25(30(40)37(28)31)15-16-27(38)33-18-20-11-13-21(32)14-12-20/h4-14,17,25-26H,3,15-16,18H2,1-2H3,(H,33,38)(H,34,39)/t25-,26-/m1/s1. The Morgan fingerprint density at radius 2 is 1.85 bits per heavy atom. The summed E-state index contributed by atoms with van der Waals surface area (Å²) in [6.45, 7) is 4.14. The van der Waals surface area contributed by atoms with Gasteiger partial charge in [-0.25, -0.2) is 14.3 Å². The van der Waals surface area contributed by atoms with E-state index < -0.39 is 11.3 Å². The molecule has 8 nitrogen and oxygen atoms in total. The molecule has 2 aliphatic rings. The van der Waals surface area contributed by atoms with Crippen LogP contribution in [-0.2, 0) is 20.9 Å². The Morgan fingerprint density at radius 1 is 1.07 bits per heavy atom. The molecule has 2 atom stereocenters. The average Bonchev–Trinajstić information content (AvgIpc) is 3.30. The summed E-state index contributed by atoms with van der Waals surface area (Å²) in [6, 6.07) is 20.2. The second kappa shape index (κ2) is 12.5. The van der Waals surface area contributed by atoms with Crippen molar-refractivity contribution in [1.82, 2.24) is 10.2 Å². The van der Waals surface area contributed by atoms with Gasteiger partial charge < -0.3 is 10.6 Å². The number of hydrogen-bond acceptors (Lipinski definition) is 6. The molecule has 0 aliphatic carbocycles. The van der Waals surface area contributed by atoms with Crippen LogP contribution < -0.4 is 10.6 Å². The van der Waals surface area contributed by atoms with Crippen LogP contribution in [-0.4, -0.2) is 44.9 Å². The summed E-state index contributed by atoms with van der Waals surface area (Å²) in [5.41, 5.74) is 3.92. The predicted molar refractivity (Wildman–Crippen MR) is 160 cm³/mol. The van der Waals surface area contributed by atoms with Crippen molar-refractivity contribution in [1.29, 1.82) is 0 Å². The van der Waals surface area contributed by atoms with E-state index in [9.17, 15) is 18.8 Å². The number of para-hydroxylation sites is 1. The molecule has 0 spiro atoms. The normalized spacial score (nSPS) is 16.3. The Kier molecular flexibility index (Phi) is 8.58. The van der Waals surface area contributed by atoms with Gasteiger partial charge in [-0.05, 0) is 67.3 Å². The Labute approximate surface area is 242 Å². The van der Waals surface area contributed by atoms with E-state index in [1.807, 2.05) is 62.4 Å². The Bertz CT molecular complexity index is 1540. The third-order valence-corrected chi connectivity index (χ3v) is 8.11. The first-order valence-electron chi connectivity index (χ1n) is 13.5. The fraction of sp³-hybridized carbons (Fsp3) is 0.258. The van der Waals surface area contributed by atoms with Gasteiger partial charge in [-0.3, -0.25) is 19.4 Å². The van der Waals surface area contributed by atoms with Gasteiger partial charge in [0.1, 0.15) is 17.7 Å². The van der Waals surface area contributed by atoms with Gasteiger partial charge in [-0.15, -0.1) is 0 Å². The summed E-state index contributed by atoms with van der Waals surface area (Å²) in [5.74, 6) is -0.538. The van der Waals surface area contributed by atoms with Gasteiger partial charge in [-0.2, -0.15) is 0 Å². The first kappa shape index (κ1) is 28.2. The van der Waals surface area contributed by atoms with E-state index in [1.54, 1.807) is 12.1 Å². The number of carbonyl (C=O) groups excluding carboxylic acids is 3. The number of thioether (sulfide) groups is 1. The highest BCUT2D eigenvalue weighted by molar-refractivity contribution is 8.15. The van der Waals surface area contributed by atoms with Crippen molar-refractivity contribution in [2.24, 2.45) is 9.98 Å². The highest BCUT2D eigenvalue weighted by Gasteiger charge is 2.42. The molecule has 0 saturated heterocycles. The lowest BCUT2D eigenvalue weighted by Gasteiger charge is -2.27.